The van der Waals surface area contributed by atoms with E-state index in [1.807, 2.05) is 31.2 Å². The van der Waals surface area contributed by atoms with Crippen LogP contribution in [0.3, 0.4) is 0 Å². The lowest BCUT2D eigenvalue weighted by molar-refractivity contribution is -0.116. The number of hydrogen-bond acceptors (Lipinski definition) is 4. The van der Waals surface area contributed by atoms with E-state index in [1.165, 1.54) is 0 Å². The third-order valence-corrected chi connectivity index (χ3v) is 4.33. The number of nitrogens with zero attached hydrogens (tertiary/aromatic N) is 1. The van der Waals surface area contributed by atoms with E-state index in [0.29, 0.717) is 23.7 Å². The first-order valence-corrected chi connectivity index (χ1v) is 7.78. The second-order valence-corrected chi connectivity index (χ2v) is 5.74. The quantitative estimate of drug-likeness (QED) is 0.846. The molecule has 2 N–H and O–H groups in total. The van der Waals surface area contributed by atoms with E-state index in [4.69, 9.17) is 17.0 Å². The number of ether oxygens (including phenoxy) is 1. The fourth-order valence-corrected chi connectivity index (χ4v) is 3.09. The second kappa shape index (κ2) is 6.00. The van der Waals surface area contributed by atoms with Crippen LogP contribution in [0.25, 0.3) is 0 Å². The molecule has 0 fully saturated rings. The summed E-state index contributed by atoms with van der Waals surface area (Å²) in [5.41, 5.74) is 1.06. The standard InChI is InChI=1S/C16H17N3O3S/c1-3-22-11-7-5-4-6-9(11)10-8-12(20)17-14-13(10)15(21)18-16(23)19(14)2/h4-7,10H,3,8H2,1-2H3,(H,17,20)(H,18,21,23). The summed E-state index contributed by atoms with van der Waals surface area (Å²) in [5.74, 6) is 0.618. The molecule has 7 heteroatoms. The molecule has 2 aromatic rings. The second-order valence-electron chi connectivity index (χ2n) is 5.36. The minimum Gasteiger partial charge on any atom is -0.494 e. The number of benzene rings is 1. The fourth-order valence-electron chi connectivity index (χ4n) is 2.90. The monoisotopic (exact) mass is 331 g/mol. The van der Waals surface area contributed by atoms with Crippen molar-refractivity contribution in [1.29, 1.82) is 0 Å². The van der Waals surface area contributed by atoms with Gasteiger partial charge in [0, 0.05) is 24.9 Å². The Balaban J connectivity index is 2.25. The largest absolute Gasteiger partial charge is 0.494 e. The molecule has 120 valence electrons. The molecule has 6 nitrogen and oxygen atoms in total. The van der Waals surface area contributed by atoms with Crippen molar-refractivity contribution in [2.45, 2.75) is 19.3 Å². The van der Waals surface area contributed by atoms with Crippen molar-refractivity contribution in [3.8, 4) is 5.75 Å². The van der Waals surface area contributed by atoms with Gasteiger partial charge >= 0.3 is 0 Å². The summed E-state index contributed by atoms with van der Waals surface area (Å²) in [6.45, 7) is 2.41. The van der Waals surface area contributed by atoms with Gasteiger partial charge in [-0.15, -0.1) is 0 Å². The number of H-pyrrole nitrogens is 1. The fraction of sp³-hybridized carbons (Fsp3) is 0.312. The van der Waals surface area contributed by atoms with Crippen LogP contribution >= 0.6 is 12.2 Å². The number of aromatic nitrogens is 2. The summed E-state index contributed by atoms with van der Waals surface area (Å²) < 4.78 is 7.54. The number of hydrogen-bond donors (Lipinski definition) is 2. The van der Waals surface area contributed by atoms with Crippen molar-refractivity contribution in [3.63, 3.8) is 0 Å². The summed E-state index contributed by atoms with van der Waals surface area (Å²) in [4.78, 5) is 27.3. The Kier molecular flexibility index (Phi) is 4.04. The average molecular weight is 331 g/mol. The number of carbonyl (C=O) groups excluding carboxylic acids is 1. The van der Waals surface area contributed by atoms with Crippen LogP contribution in [0.1, 0.15) is 30.4 Å². The number of aromatic amines is 1. The van der Waals surface area contributed by atoms with Crippen molar-refractivity contribution < 1.29 is 9.53 Å². The molecule has 1 unspecified atom stereocenters. The highest BCUT2D eigenvalue weighted by Gasteiger charge is 2.32. The number of rotatable bonds is 3. The van der Waals surface area contributed by atoms with Gasteiger partial charge in [0.2, 0.25) is 5.91 Å². The topological polar surface area (TPSA) is 76.1 Å². The average Bonchev–Trinajstić information content (AvgIpc) is 2.52. The van der Waals surface area contributed by atoms with E-state index in [-0.39, 0.29) is 28.6 Å². The molecule has 0 saturated carbocycles. The van der Waals surface area contributed by atoms with Crippen LogP contribution < -0.4 is 15.6 Å². The highest BCUT2D eigenvalue weighted by Crippen LogP contribution is 2.38. The molecule has 1 aromatic heterocycles. The van der Waals surface area contributed by atoms with E-state index in [9.17, 15) is 9.59 Å². The molecule has 1 aliphatic rings. The van der Waals surface area contributed by atoms with Gasteiger partial charge in [-0.3, -0.25) is 14.6 Å². The van der Waals surface area contributed by atoms with Gasteiger partial charge in [-0.2, -0.15) is 0 Å². The molecule has 0 bridgehead atoms. The van der Waals surface area contributed by atoms with Crippen molar-refractivity contribution in [1.82, 2.24) is 9.55 Å². The number of carbonyl (C=O) groups is 1. The number of anilines is 1. The Hall–Kier alpha value is -2.41. The van der Waals surface area contributed by atoms with Crippen LogP contribution in [-0.4, -0.2) is 22.1 Å². The van der Waals surface area contributed by atoms with Crippen LogP contribution in [0, 0.1) is 4.77 Å². The Morgan fingerprint density at radius 2 is 2.09 bits per heavy atom. The van der Waals surface area contributed by atoms with Gasteiger partial charge in [-0.05, 0) is 25.2 Å². The van der Waals surface area contributed by atoms with E-state index in [2.05, 4.69) is 10.3 Å². The van der Waals surface area contributed by atoms with Crippen LogP contribution in [0.5, 0.6) is 5.75 Å². The lowest BCUT2D eigenvalue weighted by Gasteiger charge is -2.27. The molecule has 1 amide bonds. The molecular weight excluding hydrogens is 314 g/mol. The highest BCUT2D eigenvalue weighted by molar-refractivity contribution is 7.71. The molecule has 1 atom stereocenters. The number of nitrogens with one attached hydrogen (secondary N) is 2. The van der Waals surface area contributed by atoms with E-state index >= 15 is 0 Å². The number of amides is 1. The van der Waals surface area contributed by atoms with Gasteiger partial charge in [0.15, 0.2) is 4.77 Å². The molecule has 0 saturated heterocycles. The number of fused-ring (bicyclic) bond motifs is 1. The minimum atomic E-state index is -0.368. The zero-order valence-corrected chi connectivity index (χ0v) is 13.7. The Morgan fingerprint density at radius 1 is 1.35 bits per heavy atom. The maximum Gasteiger partial charge on any atom is 0.257 e. The molecule has 0 radical (unpaired) electrons. The molecule has 1 aliphatic heterocycles. The summed E-state index contributed by atoms with van der Waals surface area (Å²) in [6.07, 6.45) is 0.191. The third kappa shape index (κ3) is 2.68. The lowest BCUT2D eigenvalue weighted by Crippen LogP contribution is -2.33. The maximum atomic E-state index is 12.5. The summed E-state index contributed by atoms with van der Waals surface area (Å²) in [6, 6.07) is 7.48. The van der Waals surface area contributed by atoms with E-state index in [0.717, 1.165) is 5.56 Å². The summed E-state index contributed by atoms with van der Waals surface area (Å²) in [5, 5.41) is 2.76. The molecular formula is C16H17N3O3S. The first-order valence-electron chi connectivity index (χ1n) is 7.37. The third-order valence-electron chi connectivity index (χ3n) is 3.95. The van der Waals surface area contributed by atoms with Crippen LogP contribution in [0.15, 0.2) is 29.1 Å². The van der Waals surface area contributed by atoms with Crippen molar-refractivity contribution in [2.24, 2.45) is 7.05 Å². The maximum absolute atomic E-state index is 12.5. The molecule has 1 aromatic carbocycles. The van der Waals surface area contributed by atoms with Crippen molar-refractivity contribution >= 4 is 23.9 Å². The first-order chi connectivity index (χ1) is 11.0. The summed E-state index contributed by atoms with van der Waals surface area (Å²) in [7, 11) is 1.72. The van der Waals surface area contributed by atoms with Gasteiger partial charge in [0.25, 0.3) is 5.56 Å². The minimum absolute atomic E-state index is 0.149. The Bertz CT molecular complexity index is 885. The van der Waals surface area contributed by atoms with Gasteiger partial charge in [0.1, 0.15) is 11.6 Å². The van der Waals surface area contributed by atoms with Gasteiger partial charge in [0.05, 0.1) is 12.2 Å². The molecule has 2 heterocycles. The van der Waals surface area contributed by atoms with Gasteiger partial charge in [-0.25, -0.2) is 0 Å². The first kappa shape index (κ1) is 15.5. The SMILES string of the molecule is CCOc1ccccc1C1CC(=O)Nc2c1c(=O)[nH]c(=S)n2C. The lowest BCUT2D eigenvalue weighted by atomic mass is 9.86. The normalized spacial score (nSPS) is 16.6. The van der Waals surface area contributed by atoms with Gasteiger partial charge in [-0.1, -0.05) is 18.2 Å². The highest BCUT2D eigenvalue weighted by atomic mass is 32.1. The smallest absolute Gasteiger partial charge is 0.257 e. The predicted octanol–water partition coefficient (Wildman–Crippen LogP) is 2.32. The van der Waals surface area contributed by atoms with Crippen LogP contribution in [0.4, 0.5) is 5.82 Å². The molecule has 0 spiro atoms. The Labute approximate surface area is 138 Å². The zero-order valence-electron chi connectivity index (χ0n) is 12.9. The molecule has 3 rings (SSSR count). The van der Waals surface area contributed by atoms with Crippen LogP contribution in [0.2, 0.25) is 0 Å². The van der Waals surface area contributed by atoms with E-state index < -0.39 is 0 Å². The van der Waals surface area contributed by atoms with Crippen molar-refractivity contribution in [2.75, 3.05) is 11.9 Å². The van der Waals surface area contributed by atoms with Gasteiger partial charge < -0.3 is 14.6 Å². The zero-order chi connectivity index (χ0) is 16.6. The molecule has 23 heavy (non-hydrogen) atoms. The summed E-state index contributed by atoms with van der Waals surface area (Å²) >= 11 is 5.12. The van der Waals surface area contributed by atoms with Crippen molar-refractivity contribution in [3.05, 3.63) is 50.5 Å². The molecule has 0 aliphatic carbocycles. The predicted molar refractivity (Wildman–Crippen MR) is 89.6 cm³/mol. The van der Waals surface area contributed by atoms with Crippen LogP contribution in [-0.2, 0) is 11.8 Å². The number of para-hydroxylation sites is 1. The van der Waals surface area contributed by atoms with E-state index in [1.54, 1.807) is 11.6 Å². The Morgan fingerprint density at radius 3 is 2.83 bits per heavy atom.